The summed E-state index contributed by atoms with van der Waals surface area (Å²) in [7, 11) is 0. The maximum atomic E-state index is 5.60. The number of rotatable bonds is 1. The Morgan fingerprint density at radius 2 is 2.07 bits per heavy atom. The van der Waals surface area contributed by atoms with E-state index in [9.17, 15) is 0 Å². The first kappa shape index (κ1) is 9.72. The van der Waals surface area contributed by atoms with Gasteiger partial charge in [0, 0.05) is 0 Å². The van der Waals surface area contributed by atoms with Gasteiger partial charge in [0.25, 0.3) is 0 Å². The van der Waals surface area contributed by atoms with Crippen molar-refractivity contribution in [2.24, 2.45) is 0 Å². The Balaban J connectivity index is 2.33. The number of fused-ring (bicyclic) bond motifs is 1. The third-order valence-electron chi connectivity index (χ3n) is 2.93. The highest BCUT2D eigenvalue weighted by Gasteiger charge is 2.15. The molecule has 0 aliphatic carbocycles. The Bertz CT molecular complexity index is 328. The van der Waals surface area contributed by atoms with Gasteiger partial charge in [-0.25, -0.2) is 0 Å². The zero-order valence-corrected chi connectivity index (χ0v) is 9.21. The lowest BCUT2D eigenvalue weighted by Gasteiger charge is -2.23. The van der Waals surface area contributed by atoms with Gasteiger partial charge in [0.15, 0.2) is 0 Å². The van der Waals surface area contributed by atoms with Crippen LogP contribution in [0.25, 0.3) is 0 Å². The highest BCUT2D eigenvalue weighted by atomic mass is 16.5. The second-order valence-corrected chi connectivity index (χ2v) is 4.51. The van der Waals surface area contributed by atoms with Crippen molar-refractivity contribution in [2.45, 2.75) is 45.8 Å². The minimum absolute atomic E-state index is 0.380. The summed E-state index contributed by atoms with van der Waals surface area (Å²) >= 11 is 0. The van der Waals surface area contributed by atoms with Crippen LogP contribution in [0.5, 0.6) is 0 Å². The first-order valence-corrected chi connectivity index (χ1v) is 5.40. The zero-order valence-electron chi connectivity index (χ0n) is 9.21. The molecule has 1 atom stereocenters. The molecule has 0 saturated carbocycles. The van der Waals surface area contributed by atoms with E-state index in [1.807, 2.05) is 0 Å². The minimum atomic E-state index is 0.380. The molecule has 0 bridgehead atoms. The largest absolute Gasteiger partial charge is 0.373 e. The zero-order chi connectivity index (χ0) is 10.1. The van der Waals surface area contributed by atoms with E-state index in [0.717, 1.165) is 13.0 Å². The maximum absolute atomic E-state index is 5.60. The molecule has 0 radical (unpaired) electrons. The molecule has 1 aliphatic heterocycles. The maximum Gasteiger partial charge on any atom is 0.0723 e. The first-order valence-electron chi connectivity index (χ1n) is 5.40. The van der Waals surface area contributed by atoms with Crippen molar-refractivity contribution in [3.63, 3.8) is 0 Å². The quantitative estimate of drug-likeness (QED) is 0.660. The smallest absolute Gasteiger partial charge is 0.0723 e. The van der Waals surface area contributed by atoms with E-state index in [4.69, 9.17) is 4.74 Å². The van der Waals surface area contributed by atoms with Gasteiger partial charge in [-0.2, -0.15) is 0 Å². The van der Waals surface area contributed by atoms with E-state index in [1.54, 1.807) is 0 Å². The van der Waals surface area contributed by atoms with E-state index >= 15 is 0 Å². The van der Waals surface area contributed by atoms with Crippen LogP contribution >= 0.6 is 0 Å². The van der Waals surface area contributed by atoms with Crippen molar-refractivity contribution in [1.82, 2.24) is 0 Å². The third kappa shape index (κ3) is 1.83. The Morgan fingerprint density at radius 1 is 1.29 bits per heavy atom. The molecule has 1 heterocycles. The van der Waals surface area contributed by atoms with Crippen LogP contribution < -0.4 is 0 Å². The average Bonchev–Trinajstić information content (AvgIpc) is 2.16. The minimum Gasteiger partial charge on any atom is -0.373 e. The van der Waals surface area contributed by atoms with E-state index in [2.05, 4.69) is 39.0 Å². The Hall–Kier alpha value is -0.820. The molecule has 2 rings (SSSR count). The van der Waals surface area contributed by atoms with Gasteiger partial charge >= 0.3 is 0 Å². The molecule has 14 heavy (non-hydrogen) atoms. The molecular formula is C13H18O. The monoisotopic (exact) mass is 190 g/mol. The molecule has 0 amide bonds. The Labute approximate surface area is 86.1 Å². The van der Waals surface area contributed by atoms with Crippen molar-refractivity contribution in [1.29, 1.82) is 0 Å². The van der Waals surface area contributed by atoms with Crippen molar-refractivity contribution < 1.29 is 4.74 Å². The van der Waals surface area contributed by atoms with E-state index in [1.165, 1.54) is 16.7 Å². The predicted molar refractivity (Wildman–Crippen MR) is 58.5 cm³/mol. The van der Waals surface area contributed by atoms with Crippen LogP contribution in [0.3, 0.4) is 0 Å². The summed E-state index contributed by atoms with van der Waals surface area (Å²) in [6.07, 6.45) is 1.44. The summed E-state index contributed by atoms with van der Waals surface area (Å²) in [5.74, 6) is 0.624. The molecule has 0 fully saturated rings. The van der Waals surface area contributed by atoms with E-state index < -0.39 is 0 Å². The average molecular weight is 190 g/mol. The van der Waals surface area contributed by atoms with Gasteiger partial charge in [0.1, 0.15) is 0 Å². The van der Waals surface area contributed by atoms with Crippen LogP contribution in [0.1, 0.15) is 43.4 Å². The van der Waals surface area contributed by atoms with Crippen molar-refractivity contribution in [3.8, 4) is 0 Å². The van der Waals surface area contributed by atoms with Crippen LogP contribution in [-0.2, 0) is 17.8 Å². The molecule has 76 valence electrons. The van der Waals surface area contributed by atoms with Crippen LogP contribution in [0.4, 0.5) is 0 Å². The molecule has 0 aromatic heterocycles. The number of hydrogen-bond donors (Lipinski definition) is 0. The Kier molecular flexibility index (Phi) is 2.60. The second-order valence-electron chi connectivity index (χ2n) is 4.51. The SMILES string of the molecule is CC1Cc2cc(C(C)C)ccc2CO1. The summed E-state index contributed by atoms with van der Waals surface area (Å²) in [5.41, 5.74) is 4.29. The van der Waals surface area contributed by atoms with E-state index in [-0.39, 0.29) is 0 Å². The van der Waals surface area contributed by atoms with Crippen LogP contribution in [0, 0.1) is 0 Å². The molecule has 0 spiro atoms. The fourth-order valence-electron chi connectivity index (χ4n) is 1.94. The molecule has 1 heteroatoms. The fourth-order valence-corrected chi connectivity index (χ4v) is 1.94. The lowest BCUT2D eigenvalue weighted by Crippen LogP contribution is -2.19. The van der Waals surface area contributed by atoms with E-state index in [0.29, 0.717) is 12.0 Å². The van der Waals surface area contributed by atoms with Crippen LogP contribution in [0.15, 0.2) is 18.2 Å². The summed E-state index contributed by atoms with van der Waals surface area (Å²) in [6.45, 7) is 7.41. The van der Waals surface area contributed by atoms with Gasteiger partial charge in [0.05, 0.1) is 12.7 Å². The standard InChI is InChI=1S/C13H18O/c1-9(2)11-4-5-12-8-14-10(3)6-13(12)7-11/h4-5,7,9-10H,6,8H2,1-3H3. The van der Waals surface area contributed by atoms with Crippen LogP contribution in [0.2, 0.25) is 0 Å². The highest BCUT2D eigenvalue weighted by molar-refractivity contribution is 5.34. The molecule has 0 N–H and O–H groups in total. The van der Waals surface area contributed by atoms with Crippen molar-refractivity contribution in [3.05, 3.63) is 34.9 Å². The summed E-state index contributed by atoms with van der Waals surface area (Å²) in [5, 5.41) is 0. The topological polar surface area (TPSA) is 9.23 Å². The summed E-state index contributed by atoms with van der Waals surface area (Å²) < 4.78 is 5.60. The van der Waals surface area contributed by atoms with Crippen molar-refractivity contribution in [2.75, 3.05) is 0 Å². The first-order chi connectivity index (χ1) is 6.66. The van der Waals surface area contributed by atoms with Gasteiger partial charge < -0.3 is 4.74 Å². The van der Waals surface area contributed by atoms with Crippen molar-refractivity contribution >= 4 is 0 Å². The summed E-state index contributed by atoms with van der Waals surface area (Å²) in [6, 6.07) is 6.79. The molecule has 1 aromatic rings. The third-order valence-corrected chi connectivity index (χ3v) is 2.93. The lowest BCUT2D eigenvalue weighted by atomic mass is 9.93. The van der Waals surface area contributed by atoms with Crippen LogP contribution in [-0.4, -0.2) is 6.10 Å². The predicted octanol–water partition coefficient (Wildman–Crippen LogP) is 3.27. The normalized spacial score (nSPS) is 21.0. The Morgan fingerprint density at radius 3 is 2.79 bits per heavy atom. The number of hydrogen-bond acceptors (Lipinski definition) is 1. The number of benzene rings is 1. The van der Waals surface area contributed by atoms with Gasteiger partial charge in [0.2, 0.25) is 0 Å². The van der Waals surface area contributed by atoms with Gasteiger partial charge in [-0.3, -0.25) is 0 Å². The lowest BCUT2D eigenvalue weighted by molar-refractivity contribution is 0.0410. The molecule has 1 aliphatic rings. The summed E-state index contributed by atoms with van der Waals surface area (Å²) in [4.78, 5) is 0. The number of ether oxygens (including phenoxy) is 1. The molecule has 1 unspecified atom stereocenters. The molecule has 1 nitrogen and oxygen atoms in total. The molecule has 1 aromatic carbocycles. The second kappa shape index (κ2) is 3.74. The van der Waals surface area contributed by atoms with Gasteiger partial charge in [-0.05, 0) is 36.0 Å². The highest BCUT2D eigenvalue weighted by Crippen LogP contribution is 2.24. The molecular weight excluding hydrogens is 172 g/mol. The molecule has 0 saturated heterocycles. The fraction of sp³-hybridized carbons (Fsp3) is 0.538. The van der Waals surface area contributed by atoms with Gasteiger partial charge in [-0.1, -0.05) is 32.0 Å². The van der Waals surface area contributed by atoms with Gasteiger partial charge in [-0.15, -0.1) is 0 Å².